The number of allylic oxidation sites excluding steroid dienone is 1. The number of carbonyl (C=O) groups is 2. The largest absolute Gasteiger partial charge is 0.466 e. The van der Waals surface area contributed by atoms with Crippen LogP contribution in [0.2, 0.25) is 0 Å². The Labute approximate surface area is 217 Å². The Morgan fingerprint density at radius 1 is 1.11 bits per heavy atom. The molecule has 0 amide bonds. The standard InChI is InChI=1S/C30H50O6/c1-18(2)19(3)8-9-20(4)24-10-11-25(28(24,6)14-15-36-21(5)31)23-16-26(33)30(35)17-22(32)12-13-29(30,7)27(23)34/h16,18-20,22,24-26,32-33,35H,8-15,17H2,1-7H3. The van der Waals surface area contributed by atoms with Crippen molar-refractivity contribution in [1.29, 1.82) is 0 Å². The molecule has 6 heteroatoms. The molecule has 0 spiro atoms. The van der Waals surface area contributed by atoms with Crippen LogP contribution >= 0.6 is 0 Å². The molecule has 0 aromatic carbocycles. The number of carbonyl (C=O) groups excluding carboxylic acids is 2. The fraction of sp³-hybridized carbons (Fsp3) is 0.867. The first-order valence-electron chi connectivity index (χ1n) is 14.2. The normalized spacial score (nSPS) is 40.5. The highest BCUT2D eigenvalue weighted by Crippen LogP contribution is 2.60. The molecule has 6 nitrogen and oxygen atoms in total. The van der Waals surface area contributed by atoms with E-state index in [1.165, 1.54) is 6.92 Å². The van der Waals surface area contributed by atoms with Crippen molar-refractivity contribution < 1.29 is 29.6 Å². The smallest absolute Gasteiger partial charge is 0.302 e. The van der Waals surface area contributed by atoms with Crippen LogP contribution in [0.5, 0.6) is 0 Å². The van der Waals surface area contributed by atoms with E-state index in [1.54, 1.807) is 13.0 Å². The predicted octanol–water partition coefficient (Wildman–Crippen LogP) is 4.83. The van der Waals surface area contributed by atoms with E-state index < -0.39 is 23.2 Å². The number of hydrogen-bond donors (Lipinski definition) is 3. The first kappa shape index (κ1) is 29.3. The molecule has 9 atom stereocenters. The molecule has 206 valence electrons. The van der Waals surface area contributed by atoms with E-state index in [9.17, 15) is 24.9 Å². The van der Waals surface area contributed by atoms with Crippen LogP contribution in [0.15, 0.2) is 11.6 Å². The molecular formula is C30H50O6. The number of ketones is 1. The average Bonchev–Trinajstić information content (AvgIpc) is 3.13. The summed E-state index contributed by atoms with van der Waals surface area (Å²) in [4.78, 5) is 25.6. The summed E-state index contributed by atoms with van der Waals surface area (Å²) in [6.45, 7) is 14.9. The molecule has 0 radical (unpaired) electrons. The maximum atomic E-state index is 14.1. The van der Waals surface area contributed by atoms with Crippen LogP contribution in [0, 0.1) is 40.4 Å². The minimum atomic E-state index is -1.66. The maximum absolute atomic E-state index is 14.1. The second kappa shape index (κ2) is 10.9. The monoisotopic (exact) mass is 506 g/mol. The Balaban J connectivity index is 1.92. The first-order chi connectivity index (χ1) is 16.7. The number of rotatable bonds is 9. The molecule has 0 aliphatic heterocycles. The lowest BCUT2D eigenvalue weighted by Gasteiger charge is -2.54. The van der Waals surface area contributed by atoms with Crippen LogP contribution in [0.3, 0.4) is 0 Å². The fourth-order valence-corrected chi connectivity index (χ4v) is 7.64. The lowest BCUT2D eigenvalue weighted by Crippen LogP contribution is -2.65. The molecular weight excluding hydrogens is 456 g/mol. The van der Waals surface area contributed by atoms with Crippen LogP contribution in [-0.2, 0) is 14.3 Å². The van der Waals surface area contributed by atoms with Crippen LogP contribution in [0.1, 0.15) is 99.8 Å². The van der Waals surface area contributed by atoms with Crippen LogP contribution < -0.4 is 0 Å². The van der Waals surface area contributed by atoms with Gasteiger partial charge in [-0.25, -0.2) is 0 Å². The van der Waals surface area contributed by atoms with Gasteiger partial charge in [-0.15, -0.1) is 0 Å². The number of Topliss-reactive ketones (excluding diaryl/α,β-unsaturated/α-hetero) is 1. The Kier molecular flexibility index (Phi) is 8.84. The molecule has 36 heavy (non-hydrogen) atoms. The van der Waals surface area contributed by atoms with Gasteiger partial charge in [-0.1, -0.05) is 47.5 Å². The van der Waals surface area contributed by atoms with Crippen molar-refractivity contribution in [3.63, 3.8) is 0 Å². The number of aliphatic hydroxyl groups excluding tert-OH is 2. The second-order valence-corrected chi connectivity index (χ2v) is 13.2. The van der Waals surface area contributed by atoms with E-state index in [4.69, 9.17) is 4.74 Å². The average molecular weight is 507 g/mol. The number of esters is 1. The van der Waals surface area contributed by atoms with Gasteiger partial charge in [0.15, 0.2) is 5.78 Å². The highest BCUT2D eigenvalue weighted by molar-refractivity contribution is 6.02. The van der Waals surface area contributed by atoms with Gasteiger partial charge in [-0.3, -0.25) is 9.59 Å². The summed E-state index contributed by atoms with van der Waals surface area (Å²) >= 11 is 0. The van der Waals surface area contributed by atoms with Crippen molar-refractivity contribution >= 4 is 11.8 Å². The summed E-state index contributed by atoms with van der Waals surface area (Å²) in [5.41, 5.74) is -2.42. The molecule has 2 fully saturated rings. The summed E-state index contributed by atoms with van der Waals surface area (Å²) in [5, 5.41) is 32.8. The van der Waals surface area contributed by atoms with Gasteiger partial charge in [0.25, 0.3) is 0 Å². The molecule has 0 aromatic rings. The van der Waals surface area contributed by atoms with E-state index in [2.05, 4.69) is 34.6 Å². The highest BCUT2D eigenvalue weighted by Gasteiger charge is 2.63. The van der Waals surface area contributed by atoms with Gasteiger partial charge >= 0.3 is 5.97 Å². The third-order valence-electron chi connectivity index (χ3n) is 10.7. The van der Waals surface area contributed by atoms with Gasteiger partial charge in [0.2, 0.25) is 0 Å². The minimum absolute atomic E-state index is 0.00225. The maximum Gasteiger partial charge on any atom is 0.302 e. The van der Waals surface area contributed by atoms with Crippen molar-refractivity contribution in [2.75, 3.05) is 6.61 Å². The van der Waals surface area contributed by atoms with Crippen LogP contribution in [-0.4, -0.2) is 51.5 Å². The van der Waals surface area contributed by atoms with Crippen LogP contribution in [0.4, 0.5) is 0 Å². The summed E-state index contributed by atoms with van der Waals surface area (Å²) < 4.78 is 5.38. The Bertz CT molecular complexity index is 850. The van der Waals surface area contributed by atoms with Crippen molar-refractivity contribution in [3.05, 3.63) is 11.6 Å². The fourth-order valence-electron chi connectivity index (χ4n) is 7.64. The molecule has 0 bridgehead atoms. The third kappa shape index (κ3) is 5.19. The van der Waals surface area contributed by atoms with Gasteiger partial charge in [-0.05, 0) is 85.7 Å². The summed E-state index contributed by atoms with van der Waals surface area (Å²) in [7, 11) is 0. The quantitative estimate of drug-likeness (QED) is 0.387. The number of fused-ring (bicyclic) bond motifs is 1. The summed E-state index contributed by atoms with van der Waals surface area (Å²) in [5.74, 6) is 1.65. The third-order valence-corrected chi connectivity index (χ3v) is 10.7. The minimum Gasteiger partial charge on any atom is -0.466 e. The second-order valence-electron chi connectivity index (χ2n) is 13.2. The first-order valence-corrected chi connectivity index (χ1v) is 14.2. The predicted molar refractivity (Wildman–Crippen MR) is 140 cm³/mol. The number of hydrogen-bond acceptors (Lipinski definition) is 6. The van der Waals surface area contributed by atoms with Gasteiger partial charge in [-0.2, -0.15) is 0 Å². The number of ether oxygens (including phenoxy) is 1. The molecule has 3 aliphatic carbocycles. The van der Waals surface area contributed by atoms with Crippen molar-refractivity contribution in [2.24, 2.45) is 40.4 Å². The molecule has 0 heterocycles. The zero-order valence-electron chi connectivity index (χ0n) is 23.5. The molecule has 3 N–H and O–H groups in total. The SMILES string of the molecule is CC(=O)OCCC1(C)C(C2=CC(O)C3(O)CC(O)CCC3(C)C2=O)CCC1C(C)CCC(C)C(C)C. The van der Waals surface area contributed by atoms with Crippen molar-refractivity contribution in [1.82, 2.24) is 0 Å². The van der Waals surface area contributed by atoms with Crippen molar-refractivity contribution in [2.45, 2.75) is 118 Å². The van der Waals surface area contributed by atoms with Gasteiger partial charge in [0.05, 0.1) is 18.1 Å². The van der Waals surface area contributed by atoms with Gasteiger partial charge in [0.1, 0.15) is 11.7 Å². The van der Waals surface area contributed by atoms with E-state index in [1.807, 2.05) is 0 Å². The lowest BCUT2D eigenvalue weighted by atomic mass is 9.53. The van der Waals surface area contributed by atoms with E-state index >= 15 is 0 Å². The zero-order chi connectivity index (χ0) is 27.1. The van der Waals surface area contributed by atoms with Crippen LogP contribution in [0.25, 0.3) is 0 Å². The van der Waals surface area contributed by atoms with Gasteiger partial charge < -0.3 is 20.1 Å². The van der Waals surface area contributed by atoms with Gasteiger partial charge in [0, 0.05) is 13.3 Å². The van der Waals surface area contributed by atoms with Crippen molar-refractivity contribution in [3.8, 4) is 0 Å². The Morgan fingerprint density at radius 3 is 2.39 bits per heavy atom. The molecule has 9 unspecified atom stereocenters. The molecule has 2 saturated carbocycles. The van der Waals surface area contributed by atoms with E-state index in [0.717, 1.165) is 25.7 Å². The Hall–Kier alpha value is -1.24. The molecule has 0 aromatic heterocycles. The molecule has 3 rings (SSSR count). The summed E-state index contributed by atoms with van der Waals surface area (Å²) in [6.07, 6.45) is 5.21. The zero-order valence-corrected chi connectivity index (χ0v) is 23.5. The lowest BCUT2D eigenvalue weighted by molar-refractivity contribution is -0.191. The molecule has 3 aliphatic rings. The highest BCUT2D eigenvalue weighted by atomic mass is 16.5. The topological polar surface area (TPSA) is 104 Å². The van der Waals surface area contributed by atoms with E-state index in [0.29, 0.717) is 55.1 Å². The molecule has 0 saturated heterocycles. The Morgan fingerprint density at radius 2 is 1.78 bits per heavy atom. The summed E-state index contributed by atoms with van der Waals surface area (Å²) in [6, 6.07) is 0. The number of aliphatic hydroxyl groups is 3. The van der Waals surface area contributed by atoms with E-state index in [-0.39, 0.29) is 29.5 Å².